The lowest BCUT2D eigenvalue weighted by molar-refractivity contribution is -0.120. The minimum atomic E-state index is -0.306. The van der Waals surface area contributed by atoms with Crippen LogP contribution in [-0.2, 0) is 4.79 Å². The normalized spacial score (nSPS) is 13.9. The van der Waals surface area contributed by atoms with Gasteiger partial charge < -0.3 is 0 Å². The number of hydrogen-bond donors (Lipinski definition) is 2. The predicted octanol–water partition coefficient (Wildman–Crippen LogP) is 1.06. The number of rotatable bonds is 3. The third-order valence-electron chi connectivity index (χ3n) is 0.927. The molecule has 11 heavy (non-hydrogen) atoms. The van der Waals surface area contributed by atoms with E-state index < -0.39 is 0 Å². The van der Waals surface area contributed by atoms with Gasteiger partial charge in [0.15, 0.2) is 0 Å². The van der Waals surface area contributed by atoms with Crippen LogP contribution in [0.25, 0.3) is 0 Å². The predicted molar refractivity (Wildman–Crippen MR) is 49.9 cm³/mol. The van der Waals surface area contributed by atoms with Crippen molar-refractivity contribution in [2.45, 2.75) is 26.0 Å². The Morgan fingerprint density at radius 2 is 2.09 bits per heavy atom. The minimum Gasteiger partial charge on any atom is -0.272 e. The standard InChI is InChI=1S/C7H14N2OS/c1-5(2)4-8-9-7(10)6(3)11/h4-6,11H,1-3H3,(H,9,10)/b8-4+. The second-order valence-corrected chi connectivity index (χ2v) is 3.45. The van der Waals surface area contributed by atoms with Gasteiger partial charge in [0.2, 0.25) is 0 Å². The molecule has 1 N–H and O–H groups in total. The van der Waals surface area contributed by atoms with E-state index in [4.69, 9.17) is 0 Å². The van der Waals surface area contributed by atoms with Crippen LogP contribution >= 0.6 is 12.6 Å². The number of nitrogens with one attached hydrogen (secondary N) is 1. The van der Waals surface area contributed by atoms with Crippen LogP contribution in [-0.4, -0.2) is 17.4 Å². The molecule has 0 aliphatic rings. The highest BCUT2D eigenvalue weighted by atomic mass is 32.1. The maximum Gasteiger partial charge on any atom is 0.252 e. The topological polar surface area (TPSA) is 41.5 Å². The van der Waals surface area contributed by atoms with E-state index in [0.29, 0.717) is 5.92 Å². The number of hydrogen-bond acceptors (Lipinski definition) is 3. The van der Waals surface area contributed by atoms with Crippen molar-refractivity contribution in [2.75, 3.05) is 0 Å². The van der Waals surface area contributed by atoms with Crippen LogP contribution < -0.4 is 5.43 Å². The summed E-state index contributed by atoms with van der Waals surface area (Å²) in [7, 11) is 0. The molecule has 0 rings (SSSR count). The molecule has 0 aromatic carbocycles. The molecule has 1 unspecified atom stereocenters. The highest BCUT2D eigenvalue weighted by Gasteiger charge is 2.04. The number of carbonyl (C=O) groups excluding carboxylic acids is 1. The number of thiol groups is 1. The maximum atomic E-state index is 10.8. The summed E-state index contributed by atoms with van der Waals surface area (Å²) in [4.78, 5) is 10.8. The first kappa shape index (κ1) is 10.5. The van der Waals surface area contributed by atoms with Gasteiger partial charge in [0.05, 0.1) is 5.25 Å². The molecule has 0 saturated heterocycles. The summed E-state index contributed by atoms with van der Waals surface area (Å²) in [6, 6.07) is 0. The molecule has 0 spiro atoms. The SMILES string of the molecule is CC(C)/C=N/NC(=O)C(C)S. The molecule has 0 aromatic heterocycles. The first-order valence-electron chi connectivity index (χ1n) is 3.55. The van der Waals surface area contributed by atoms with Crippen molar-refractivity contribution in [3.05, 3.63) is 0 Å². The zero-order valence-corrected chi connectivity index (χ0v) is 7.93. The Labute approximate surface area is 72.7 Å². The molecule has 0 bridgehead atoms. The van der Waals surface area contributed by atoms with Crippen molar-refractivity contribution < 1.29 is 4.79 Å². The Morgan fingerprint density at radius 3 is 2.45 bits per heavy atom. The Kier molecular flexibility index (Phi) is 4.94. The van der Waals surface area contributed by atoms with E-state index in [2.05, 4.69) is 23.2 Å². The molecule has 1 atom stereocenters. The summed E-state index contributed by atoms with van der Waals surface area (Å²) >= 11 is 3.93. The Morgan fingerprint density at radius 1 is 1.55 bits per heavy atom. The lowest BCUT2D eigenvalue weighted by atomic mass is 10.3. The zero-order valence-electron chi connectivity index (χ0n) is 7.03. The van der Waals surface area contributed by atoms with Crippen LogP contribution in [0, 0.1) is 5.92 Å². The average Bonchev–Trinajstić information content (AvgIpc) is 1.86. The first-order chi connectivity index (χ1) is 5.04. The quantitative estimate of drug-likeness (QED) is 0.375. The minimum absolute atomic E-state index is 0.176. The van der Waals surface area contributed by atoms with Crippen molar-refractivity contribution >= 4 is 24.8 Å². The van der Waals surface area contributed by atoms with Gasteiger partial charge >= 0.3 is 0 Å². The molecule has 4 heteroatoms. The highest BCUT2D eigenvalue weighted by molar-refractivity contribution is 7.81. The fourth-order valence-corrected chi connectivity index (χ4v) is 0.401. The van der Waals surface area contributed by atoms with Crippen LogP contribution in [0.5, 0.6) is 0 Å². The van der Waals surface area contributed by atoms with Crippen LogP contribution in [0.2, 0.25) is 0 Å². The van der Waals surface area contributed by atoms with E-state index >= 15 is 0 Å². The van der Waals surface area contributed by atoms with Gasteiger partial charge in [-0.25, -0.2) is 5.43 Å². The number of hydrazone groups is 1. The number of carbonyl (C=O) groups is 1. The summed E-state index contributed by atoms with van der Waals surface area (Å²) in [6.07, 6.45) is 1.67. The van der Waals surface area contributed by atoms with E-state index in [1.807, 2.05) is 13.8 Å². The number of amides is 1. The van der Waals surface area contributed by atoms with Gasteiger partial charge in [0.1, 0.15) is 0 Å². The second-order valence-electron chi connectivity index (χ2n) is 2.67. The van der Waals surface area contributed by atoms with E-state index in [1.54, 1.807) is 13.1 Å². The summed E-state index contributed by atoms with van der Waals surface area (Å²) in [5.41, 5.74) is 2.37. The summed E-state index contributed by atoms with van der Waals surface area (Å²) in [5.74, 6) is 0.177. The van der Waals surface area contributed by atoms with Gasteiger partial charge in [0, 0.05) is 6.21 Å². The van der Waals surface area contributed by atoms with E-state index in [-0.39, 0.29) is 11.2 Å². The first-order valence-corrected chi connectivity index (χ1v) is 4.06. The molecular formula is C7H14N2OS. The molecule has 1 amide bonds. The van der Waals surface area contributed by atoms with E-state index in [1.165, 1.54) is 0 Å². The Hall–Kier alpha value is -0.510. The largest absolute Gasteiger partial charge is 0.272 e. The molecule has 0 radical (unpaired) electrons. The lowest BCUT2D eigenvalue weighted by Gasteiger charge is -2.00. The average molecular weight is 174 g/mol. The summed E-state index contributed by atoms with van der Waals surface area (Å²) in [5, 5.41) is 3.41. The highest BCUT2D eigenvalue weighted by Crippen LogP contribution is 1.91. The molecule has 64 valence electrons. The van der Waals surface area contributed by atoms with Crippen molar-refractivity contribution in [1.29, 1.82) is 0 Å². The van der Waals surface area contributed by atoms with Crippen molar-refractivity contribution in [3.8, 4) is 0 Å². The Balaban J connectivity index is 3.62. The summed E-state index contributed by atoms with van der Waals surface area (Å²) < 4.78 is 0. The van der Waals surface area contributed by atoms with Gasteiger partial charge in [-0.2, -0.15) is 17.7 Å². The van der Waals surface area contributed by atoms with Crippen LogP contribution in [0.3, 0.4) is 0 Å². The third kappa shape index (κ3) is 5.91. The van der Waals surface area contributed by atoms with Crippen molar-refractivity contribution in [2.24, 2.45) is 11.0 Å². The van der Waals surface area contributed by atoms with E-state index in [9.17, 15) is 4.79 Å². The van der Waals surface area contributed by atoms with Gasteiger partial charge in [-0.15, -0.1) is 0 Å². The van der Waals surface area contributed by atoms with Gasteiger partial charge in [0.25, 0.3) is 5.91 Å². The molecule has 0 heterocycles. The maximum absolute atomic E-state index is 10.8. The summed E-state index contributed by atoms with van der Waals surface area (Å²) in [6.45, 7) is 5.67. The van der Waals surface area contributed by atoms with Crippen molar-refractivity contribution in [3.63, 3.8) is 0 Å². The van der Waals surface area contributed by atoms with Crippen LogP contribution in [0.1, 0.15) is 20.8 Å². The molecule has 0 fully saturated rings. The van der Waals surface area contributed by atoms with E-state index in [0.717, 1.165) is 0 Å². The van der Waals surface area contributed by atoms with Crippen LogP contribution in [0.4, 0.5) is 0 Å². The van der Waals surface area contributed by atoms with Gasteiger partial charge in [-0.3, -0.25) is 4.79 Å². The molecular weight excluding hydrogens is 160 g/mol. The second kappa shape index (κ2) is 5.18. The third-order valence-corrected chi connectivity index (χ3v) is 1.16. The zero-order chi connectivity index (χ0) is 8.85. The smallest absolute Gasteiger partial charge is 0.252 e. The fourth-order valence-electron chi connectivity index (χ4n) is 0.343. The molecule has 0 aliphatic carbocycles. The molecule has 0 aliphatic heterocycles. The number of nitrogens with zero attached hydrogens (tertiary/aromatic N) is 1. The molecule has 0 saturated carbocycles. The van der Waals surface area contributed by atoms with Crippen molar-refractivity contribution in [1.82, 2.24) is 5.43 Å². The molecule has 0 aromatic rings. The fraction of sp³-hybridized carbons (Fsp3) is 0.714. The van der Waals surface area contributed by atoms with Gasteiger partial charge in [-0.05, 0) is 12.8 Å². The lowest BCUT2D eigenvalue weighted by Crippen LogP contribution is -2.25. The monoisotopic (exact) mass is 174 g/mol. The van der Waals surface area contributed by atoms with Gasteiger partial charge in [-0.1, -0.05) is 13.8 Å². The van der Waals surface area contributed by atoms with Crippen LogP contribution in [0.15, 0.2) is 5.10 Å². The molecule has 3 nitrogen and oxygen atoms in total. The Bertz CT molecular complexity index is 155.